The molecule has 3 rings (SSSR count). The lowest BCUT2D eigenvalue weighted by molar-refractivity contribution is 0.117. The van der Waals surface area contributed by atoms with Crippen molar-refractivity contribution in [3.8, 4) is 0 Å². The van der Waals surface area contributed by atoms with E-state index in [0.29, 0.717) is 6.54 Å². The number of nitrogens with zero attached hydrogens (tertiary/aromatic N) is 1. The van der Waals surface area contributed by atoms with Gasteiger partial charge in [0.2, 0.25) is 0 Å². The standard InChI is InChI=1S/C17H25FN2/c18-16-8-4-3-7-15(16)17(13-19)9-11-20(12-10-17)14-5-1-2-6-14/h3-4,7-8,14H,1-2,5-6,9-13,19H2. The van der Waals surface area contributed by atoms with Gasteiger partial charge in [-0.05, 0) is 50.4 Å². The van der Waals surface area contributed by atoms with E-state index in [2.05, 4.69) is 4.90 Å². The summed E-state index contributed by atoms with van der Waals surface area (Å²) in [5, 5.41) is 0. The molecule has 0 bridgehead atoms. The molecule has 20 heavy (non-hydrogen) atoms. The van der Waals surface area contributed by atoms with Gasteiger partial charge in [0.15, 0.2) is 0 Å². The lowest BCUT2D eigenvalue weighted by Crippen LogP contribution is -2.49. The van der Waals surface area contributed by atoms with Crippen molar-refractivity contribution >= 4 is 0 Å². The zero-order valence-corrected chi connectivity index (χ0v) is 12.2. The quantitative estimate of drug-likeness (QED) is 0.919. The first kappa shape index (κ1) is 14.0. The van der Waals surface area contributed by atoms with Crippen molar-refractivity contribution in [2.45, 2.75) is 50.0 Å². The first-order chi connectivity index (χ1) is 9.75. The molecular weight excluding hydrogens is 251 g/mol. The van der Waals surface area contributed by atoms with Crippen LogP contribution in [0.5, 0.6) is 0 Å². The van der Waals surface area contributed by atoms with Crippen LogP contribution < -0.4 is 5.73 Å². The van der Waals surface area contributed by atoms with Crippen LogP contribution in [0.4, 0.5) is 4.39 Å². The van der Waals surface area contributed by atoms with E-state index in [0.717, 1.165) is 37.5 Å². The van der Waals surface area contributed by atoms with E-state index in [1.165, 1.54) is 25.7 Å². The van der Waals surface area contributed by atoms with Gasteiger partial charge >= 0.3 is 0 Å². The van der Waals surface area contributed by atoms with Crippen LogP contribution in [-0.2, 0) is 5.41 Å². The summed E-state index contributed by atoms with van der Waals surface area (Å²) >= 11 is 0. The molecule has 2 aliphatic rings. The van der Waals surface area contributed by atoms with Crippen LogP contribution >= 0.6 is 0 Å². The Labute approximate surface area is 121 Å². The Balaban J connectivity index is 1.74. The zero-order valence-electron chi connectivity index (χ0n) is 12.2. The van der Waals surface area contributed by atoms with Gasteiger partial charge < -0.3 is 10.6 Å². The topological polar surface area (TPSA) is 29.3 Å². The Morgan fingerprint density at radius 3 is 2.40 bits per heavy atom. The zero-order chi connectivity index (χ0) is 14.0. The molecule has 0 unspecified atom stereocenters. The third kappa shape index (κ3) is 2.49. The summed E-state index contributed by atoms with van der Waals surface area (Å²) in [6.45, 7) is 2.68. The van der Waals surface area contributed by atoms with Crippen molar-refractivity contribution in [1.29, 1.82) is 0 Å². The summed E-state index contributed by atoms with van der Waals surface area (Å²) in [6, 6.07) is 7.95. The molecule has 0 amide bonds. The first-order valence-electron chi connectivity index (χ1n) is 7.94. The summed E-state index contributed by atoms with van der Waals surface area (Å²) in [5.41, 5.74) is 6.73. The number of hydrogen-bond donors (Lipinski definition) is 1. The number of piperidine rings is 1. The Morgan fingerprint density at radius 2 is 1.80 bits per heavy atom. The lowest BCUT2D eigenvalue weighted by Gasteiger charge is -2.43. The number of halogens is 1. The number of rotatable bonds is 3. The maximum Gasteiger partial charge on any atom is 0.127 e. The van der Waals surface area contributed by atoms with Gasteiger partial charge in [-0.25, -0.2) is 4.39 Å². The van der Waals surface area contributed by atoms with Gasteiger partial charge in [-0.2, -0.15) is 0 Å². The van der Waals surface area contributed by atoms with E-state index in [1.54, 1.807) is 12.1 Å². The summed E-state index contributed by atoms with van der Waals surface area (Å²) in [4.78, 5) is 2.61. The van der Waals surface area contributed by atoms with E-state index >= 15 is 0 Å². The van der Waals surface area contributed by atoms with E-state index in [4.69, 9.17) is 5.73 Å². The third-order valence-electron chi connectivity index (χ3n) is 5.43. The second-order valence-corrected chi connectivity index (χ2v) is 6.44. The average molecular weight is 276 g/mol. The lowest BCUT2D eigenvalue weighted by atomic mass is 9.72. The van der Waals surface area contributed by atoms with Crippen molar-refractivity contribution < 1.29 is 4.39 Å². The van der Waals surface area contributed by atoms with Gasteiger partial charge in [0.05, 0.1) is 0 Å². The van der Waals surface area contributed by atoms with E-state index in [-0.39, 0.29) is 11.2 Å². The highest BCUT2D eigenvalue weighted by Crippen LogP contribution is 2.38. The van der Waals surface area contributed by atoms with Crippen LogP contribution in [-0.4, -0.2) is 30.6 Å². The van der Waals surface area contributed by atoms with Crippen LogP contribution in [0.1, 0.15) is 44.1 Å². The Morgan fingerprint density at radius 1 is 1.15 bits per heavy atom. The largest absolute Gasteiger partial charge is 0.330 e. The highest BCUT2D eigenvalue weighted by Gasteiger charge is 2.38. The molecule has 2 nitrogen and oxygen atoms in total. The van der Waals surface area contributed by atoms with Gasteiger partial charge in [0.25, 0.3) is 0 Å². The maximum absolute atomic E-state index is 14.1. The molecule has 0 atom stereocenters. The van der Waals surface area contributed by atoms with Crippen molar-refractivity contribution in [3.63, 3.8) is 0 Å². The van der Waals surface area contributed by atoms with Crippen LogP contribution in [0.3, 0.4) is 0 Å². The first-order valence-corrected chi connectivity index (χ1v) is 7.94. The van der Waals surface area contributed by atoms with Gasteiger partial charge in [0, 0.05) is 18.0 Å². The number of nitrogens with two attached hydrogens (primary N) is 1. The van der Waals surface area contributed by atoms with Crippen molar-refractivity contribution in [2.24, 2.45) is 5.73 Å². The molecule has 1 aliphatic heterocycles. The maximum atomic E-state index is 14.1. The molecule has 1 aromatic carbocycles. The molecule has 2 N–H and O–H groups in total. The molecule has 1 aliphatic carbocycles. The molecular formula is C17H25FN2. The van der Waals surface area contributed by atoms with Crippen molar-refractivity contribution in [2.75, 3.05) is 19.6 Å². The predicted molar refractivity (Wildman–Crippen MR) is 80.2 cm³/mol. The molecule has 3 heteroatoms. The van der Waals surface area contributed by atoms with E-state index < -0.39 is 0 Å². The minimum atomic E-state index is -0.152. The second kappa shape index (κ2) is 5.82. The average Bonchev–Trinajstić information content (AvgIpc) is 3.02. The predicted octanol–water partition coefficient (Wildman–Crippen LogP) is 3.06. The number of benzene rings is 1. The van der Waals surface area contributed by atoms with Crippen molar-refractivity contribution in [1.82, 2.24) is 4.90 Å². The molecule has 110 valence electrons. The normalized spacial score (nSPS) is 24.1. The number of hydrogen-bond acceptors (Lipinski definition) is 2. The van der Waals surface area contributed by atoms with Crippen LogP contribution in [0.25, 0.3) is 0 Å². The Bertz CT molecular complexity index is 446. The van der Waals surface area contributed by atoms with Crippen molar-refractivity contribution in [3.05, 3.63) is 35.6 Å². The van der Waals surface area contributed by atoms with E-state index in [1.807, 2.05) is 12.1 Å². The molecule has 0 radical (unpaired) electrons. The molecule has 0 spiro atoms. The van der Waals surface area contributed by atoms with Crippen LogP contribution in [0, 0.1) is 5.82 Å². The summed E-state index contributed by atoms with van der Waals surface area (Å²) in [6.07, 6.45) is 7.40. The highest BCUT2D eigenvalue weighted by atomic mass is 19.1. The Kier molecular flexibility index (Phi) is 4.08. The fourth-order valence-corrected chi connectivity index (χ4v) is 4.06. The smallest absolute Gasteiger partial charge is 0.127 e. The molecule has 1 saturated heterocycles. The molecule has 1 saturated carbocycles. The third-order valence-corrected chi connectivity index (χ3v) is 5.43. The SMILES string of the molecule is NCC1(c2ccccc2F)CCN(C2CCCC2)CC1. The Hall–Kier alpha value is -0.930. The monoisotopic (exact) mass is 276 g/mol. The minimum absolute atomic E-state index is 0.0905. The van der Waals surface area contributed by atoms with Gasteiger partial charge in [-0.15, -0.1) is 0 Å². The summed E-state index contributed by atoms with van der Waals surface area (Å²) < 4.78 is 14.1. The highest BCUT2D eigenvalue weighted by molar-refractivity contribution is 5.28. The molecule has 1 aromatic rings. The van der Waals surface area contributed by atoms with Crippen LogP contribution in [0.15, 0.2) is 24.3 Å². The summed E-state index contributed by atoms with van der Waals surface area (Å²) in [5.74, 6) is -0.0905. The minimum Gasteiger partial charge on any atom is -0.330 e. The van der Waals surface area contributed by atoms with E-state index in [9.17, 15) is 4.39 Å². The second-order valence-electron chi connectivity index (χ2n) is 6.44. The van der Waals surface area contributed by atoms with Crippen LogP contribution in [0.2, 0.25) is 0 Å². The molecule has 0 aromatic heterocycles. The van der Waals surface area contributed by atoms with Gasteiger partial charge in [-0.3, -0.25) is 0 Å². The fraction of sp³-hybridized carbons (Fsp3) is 0.647. The fourth-order valence-electron chi connectivity index (χ4n) is 4.06. The van der Waals surface area contributed by atoms with Gasteiger partial charge in [-0.1, -0.05) is 31.0 Å². The van der Waals surface area contributed by atoms with Gasteiger partial charge in [0.1, 0.15) is 5.82 Å². The molecule has 1 heterocycles. The number of likely N-dealkylation sites (tertiary alicyclic amines) is 1. The summed E-state index contributed by atoms with van der Waals surface area (Å²) in [7, 11) is 0. The molecule has 2 fully saturated rings.